The molecule has 106 valence electrons. The quantitative estimate of drug-likeness (QED) is 0.831. The molecule has 7 nitrogen and oxygen atoms in total. The van der Waals surface area contributed by atoms with Gasteiger partial charge in [-0.05, 0) is 25.2 Å². The standard InChI is InChI=1S/C10H14N2O5S2/c1-11-19(15,16)8-3-4-10-9(7-8)12(5-6-17-10)18(2,13)14/h3-4,7,11H,5-6H2,1-2H3. The zero-order chi connectivity index (χ0) is 14.3. The summed E-state index contributed by atoms with van der Waals surface area (Å²) in [7, 11) is -5.81. The molecular formula is C10H14N2O5S2. The Kier molecular flexibility index (Phi) is 3.45. The van der Waals surface area contributed by atoms with Gasteiger partial charge in [0.15, 0.2) is 0 Å². The summed E-state index contributed by atoms with van der Waals surface area (Å²) >= 11 is 0. The van der Waals surface area contributed by atoms with Crippen molar-refractivity contribution in [3.05, 3.63) is 18.2 Å². The van der Waals surface area contributed by atoms with Crippen molar-refractivity contribution in [3.63, 3.8) is 0 Å². The molecule has 0 saturated heterocycles. The fourth-order valence-electron chi connectivity index (χ4n) is 1.80. The van der Waals surface area contributed by atoms with Gasteiger partial charge in [0.2, 0.25) is 20.0 Å². The van der Waals surface area contributed by atoms with Crippen LogP contribution in [0.25, 0.3) is 0 Å². The molecule has 0 aromatic heterocycles. The fourth-order valence-corrected chi connectivity index (χ4v) is 3.46. The molecule has 0 bridgehead atoms. The highest BCUT2D eigenvalue weighted by atomic mass is 32.2. The minimum atomic E-state index is -3.63. The van der Waals surface area contributed by atoms with Gasteiger partial charge < -0.3 is 4.74 Å². The van der Waals surface area contributed by atoms with E-state index in [0.29, 0.717) is 5.75 Å². The van der Waals surface area contributed by atoms with Crippen LogP contribution < -0.4 is 13.8 Å². The lowest BCUT2D eigenvalue weighted by Crippen LogP contribution is -2.37. The van der Waals surface area contributed by atoms with E-state index >= 15 is 0 Å². The Bertz CT molecular complexity index is 697. The predicted molar refractivity (Wildman–Crippen MR) is 70.4 cm³/mol. The van der Waals surface area contributed by atoms with Gasteiger partial charge in [-0.25, -0.2) is 21.6 Å². The Labute approximate surface area is 112 Å². The largest absolute Gasteiger partial charge is 0.489 e. The Hall–Kier alpha value is -1.32. The average molecular weight is 306 g/mol. The second-order valence-corrected chi connectivity index (χ2v) is 7.81. The maximum atomic E-state index is 11.7. The van der Waals surface area contributed by atoms with Crippen LogP contribution in [0.2, 0.25) is 0 Å². The van der Waals surface area contributed by atoms with Gasteiger partial charge in [0, 0.05) is 0 Å². The number of fused-ring (bicyclic) bond motifs is 1. The van der Waals surface area contributed by atoms with Crippen LogP contribution in [0.4, 0.5) is 5.69 Å². The van der Waals surface area contributed by atoms with Crippen LogP contribution in [-0.2, 0) is 20.0 Å². The SMILES string of the molecule is CNS(=O)(=O)c1ccc2c(c1)N(S(C)(=O)=O)CCO2. The number of anilines is 1. The van der Waals surface area contributed by atoms with Gasteiger partial charge in [-0.1, -0.05) is 0 Å². The number of nitrogens with one attached hydrogen (secondary N) is 1. The second-order valence-electron chi connectivity index (χ2n) is 4.02. The molecule has 0 aliphatic carbocycles. The molecular weight excluding hydrogens is 292 g/mol. The number of hydrogen-bond donors (Lipinski definition) is 1. The average Bonchev–Trinajstić information content (AvgIpc) is 2.36. The van der Waals surface area contributed by atoms with E-state index in [1.807, 2.05) is 0 Å². The summed E-state index contributed by atoms with van der Waals surface area (Å²) in [4.78, 5) is -0.00657. The monoisotopic (exact) mass is 306 g/mol. The zero-order valence-electron chi connectivity index (χ0n) is 10.5. The summed E-state index contributed by atoms with van der Waals surface area (Å²) in [6, 6.07) is 4.12. The molecule has 0 unspecified atom stereocenters. The molecule has 0 radical (unpaired) electrons. The lowest BCUT2D eigenvalue weighted by molar-refractivity contribution is 0.315. The summed E-state index contributed by atoms with van der Waals surface area (Å²) in [5, 5.41) is 0. The zero-order valence-corrected chi connectivity index (χ0v) is 12.1. The van der Waals surface area contributed by atoms with Crippen molar-refractivity contribution in [2.75, 3.05) is 30.8 Å². The third-order valence-corrected chi connectivity index (χ3v) is 5.32. The normalized spacial score (nSPS) is 15.8. The Morgan fingerprint density at radius 1 is 1.26 bits per heavy atom. The van der Waals surface area contributed by atoms with Crippen molar-refractivity contribution >= 4 is 25.7 Å². The Morgan fingerprint density at radius 3 is 2.53 bits per heavy atom. The van der Waals surface area contributed by atoms with Gasteiger partial charge >= 0.3 is 0 Å². The molecule has 0 amide bonds. The first-order valence-corrected chi connectivity index (χ1v) is 8.77. The molecule has 0 saturated carbocycles. The summed E-state index contributed by atoms with van der Waals surface area (Å²) in [5.74, 6) is 0.353. The first-order chi connectivity index (χ1) is 8.75. The van der Waals surface area contributed by atoms with Crippen LogP contribution in [0, 0.1) is 0 Å². The Morgan fingerprint density at radius 2 is 1.95 bits per heavy atom. The van der Waals surface area contributed by atoms with Crippen LogP contribution in [0.15, 0.2) is 23.1 Å². The van der Waals surface area contributed by atoms with Crippen molar-refractivity contribution in [2.24, 2.45) is 0 Å². The molecule has 1 aliphatic rings. The molecule has 9 heteroatoms. The molecule has 1 aliphatic heterocycles. The molecule has 0 atom stereocenters. The smallest absolute Gasteiger partial charge is 0.240 e. The van der Waals surface area contributed by atoms with E-state index < -0.39 is 20.0 Å². The van der Waals surface area contributed by atoms with Crippen LogP contribution in [0.5, 0.6) is 5.75 Å². The van der Waals surface area contributed by atoms with Gasteiger partial charge in [0.1, 0.15) is 12.4 Å². The number of benzene rings is 1. The molecule has 19 heavy (non-hydrogen) atoms. The number of rotatable bonds is 3. The molecule has 1 aromatic carbocycles. The number of hydrogen-bond acceptors (Lipinski definition) is 5. The predicted octanol–water partition coefficient (Wildman–Crippen LogP) is -0.247. The highest BCUT2D eigenvalue weighted by molar-refractivity contribution is 7.92. The number of ether oxygens (including phenoxy) is 1. The summed E-state index contributed by atoms with van der Waals surface area (Å²) in [6.45, 7) is 0.396. The van der Waals surface area contributed by atoms with Crippen LogP contribution in [-0.4, -0.2) is 43.3 Å². The molecule has 2 rings (SSSR count). The van der Waals surface area contributed by atoms with Gasteiger partial charge in [0.05, 0.1) is 23.4 Å². The van der Waals surface area contributed by atoms with E-state index in [4.69, 9.17) is 4.74 Å². The summed E-state index contributed by atoms with van der Waals surface area (Å²) < 4.78 is 55.5. The Balaban J connectivity index is 2.60. The molecule has 1 aromatic rings. The molecule has 1 N–H and O–H groups in total. The van der Waals surface area contributed by atoms with E-state index in [9.17, 15) is 16.8 Å². The lowest BCUT2D eigenvalue weighted by atomic mass is 10.2. The van der Waals surface area contributed by atoms with E-state index in [1.54, 1.807) is 0 Å². The topological polar surface area (TPSA) is 92.8 Å². The van der Waals surface area contributed by atoms with E-state index in [-0.39, 0.29) is 23.7 Å². The van der Waals surface area contributed by atoms with Gasteiger partial charge in [0.25, 0.3) is 0 Å². The highest BCUT2D eigenvalue weighted by Crippen LogP contribution is 2.34. The van der Waals surface area contributed by atoms with Gasteiger partial charge in [-0.3, -0.25) is 4.31 Å². The molecule has 1 heterocycles. The number of nitrogens with zero attached hydrogens (tertiary/aromatic N) is 1. The van der Waals surface area contributed by atoms with Crippen molar-refractivity contribution in [1.29, 1.82) is 0 Å². The third kappa shape index (κ3) is 2.67. The third-order valence-electron chi connectivity index (χ3n) is 2.73. The first kappa shape index (κ1) is 14.1. The lowest BCUT2D eigenvalue weighted by Gasteiger charge is -2.29. The highest BCUT2D eigenvalue weighted by Gasteiger charge is 2.27. The van der Waals surface area contributed by atoms with Crippen molar-refractivity contribution in [2.45, 2.75) is 4.90 Å². The molecule has 0 fully saturated rings. The minimum absolute atomic E-state index is 0.00657. The maximum absolute atomic E-state index is 11.7. The van der Waals surface area contributed by atoms with E-state index in [1.165, 1.54) is 25.2 Å². The van der Waals surface area contributed by atoms with Crippen molar-refractivity contribution in [1.82, 2.24) is 4.72 Å². The fraction of sp³-hybridized carbons (Fsp3) is 0.400. The van der Waals surface area contributed by atoms with Gasteiger partial charge in [-0.15, -0.1) is 0 Å². The van der Waals surface area contributed by atoms with Crippen LogP contribution in [0.3, 0.4) is 0 Å². The van der Waals surface area contributed by atoms with Crippen LogP contribution >= 0.6 is 0 Å². The molecule has 0 spiro atoms. The van der Waals surface area contributed by atoms with Gasteiger partial charge in [-0.2, -0.15) is 0 Å². The van der Waals surface area contributed by atoms with Crippen molar-refractivity contribution in [3.8, 4) is 5.75 Å². The van der Waals surface area contributed by atoms with Crippen molar-refractivity contribution < 1.29 is 21.6 Å². The summed E-state index contributed by atoms with van der Waals surface area (Å²) in [5.41, 5.74) is 0.241. The van der Waals surface area contributed by atoms with E-state index in [0.717, 1.165) is 10.6 Å². The number of sulfonamides is 2. The first-order valence-electron chi connectivity index (χ1n) is 5.44. The van der Waals surface area contributed by atoms with E-state index in [2.05, 4.69) is 4.72 Å². The second kappa shape index (κ2) is 4.66. The minimum Gasteiger partial charge on any atom is -0.489 e. The maximum Gasteiger partial charge on any atom is 0.240 e. The van der Waals surface area contributed by atoms with Crippen LogP contribution in [0.1, 0.15) is 0 Å². The summed E-state index contributed by atoms with van der Waals surface area (Å²) in [6.07, 6.45) is 1.07.